The first-order valence-corrected chi connectivity index (χ1v) is 7.46. The molecule has 108 valence electrons. The lowest BCUT2D eigenvalue weighted by atomic mass is 9.84. The molecule has 0 aromatic heterocycles. The van der Waals surface area contributed by atoms with E-state index < -0.39 is 0 Å². The van der Waals surface area contributed by atoms with Gasteiger partial charge in [0.2, 0.25) is 0 Å². The second kappa shape index (κ2) is 4.69. The topological polar surface area (TPSA) is 30.5 Å². The van der Waals surface area contributed by atoms with Gasteiger partial charge in [0.15, 0.2) is 0 Å². The fraction of sp³-hybridized carbons (Fsp3) is 0.333. The third-order valence-corrected chi connectivity index (χ3v) is 4.54. The number of nitrogens with one attached hydrogen (secondary N) is 1. The Labute approximate surface area is 124 Å². The SMILES string of the molecule is COc1ccc2c(c1)CCC1Nc3cccc(C)c3OC21. The number of anilines is 1. The predicted molar refractivity (Wildman–Crippen MR) is 83.3 cm³/mol. The number of benzene rings is 2. The van der Waals surface area contributed by atoms with Gasteiger partial charge in [0.1, 0.15) is 17.6 Å². The summed E-state index contributed by atoms with van der Waals surface area (Å²) in [4.78, 5) is 0. The van der Waals surface area contributed by atoms with Gasteiger partial charge < -0.3 is 14.8 Å². The quantitative estimate of drug-likeness (QED) is 0.861. The van der Waals surface area contributed by atoms with Crippen molar-refractivity contribution in [2.45, 2.75) is 31.9 Å². The highest BCUT2D eigenvalue weighted by Crippen LogP contribution is 2.44. The fourth-order valence-corrected chi connectivity index (χ4v) is 3.43. The molecule has 3 nitrogen and oxygen atoms in total. The molecule has 2 unspecified atom stereocenters. The monoisotopic (exact) mass is 281 g/mol. The van der Waals surface area contributed by atoms with Gasteiger partial charge in [-0.3, -0.25) is 0 Å². The summed E-state index contributed by atoms with van der Waals surface area (Å²) in [5, 5.41) is 3.65. The molecule has 2 aromatic rings. The van der Waals surface area contributed by atoms with Crippen molar-refractivity contribution in [1.82, 2.24) is 0 Å². The standard InChI is InChI=1S/C18H19NO2/c1-11-4-3-5-15-17(11)21-18-14-8-7-13(20-2)10-12(14)6-9-16(18)19-15/h3-5,7-8,10,16,18-19H,6,9H2,1-2H3. The van der Waals surface area contributed by atoms with E-state index in [4.69, 9.17) is 9.47 Å². The first-order valence-electron chi connectivity index (χ1n) is 7.46. The lowest BCUT2D eigenvalue weighted by Crippen LogP contribution is -2.38. The van der Waals surface area contributed by atoms with Gasteiger partial charge in [0, 0.05) is 0 Å². The minimum absolute atomic E-state index is 0.0910. The van der Waals surface area contributed by atoms with Crippen molar-refractivity contribution >= 4 is 5.69 Å². The van der Waals surface area contributed by atoms with E-state index in [0.29, 0.717) is 6.04 Å². The molecule has 0 fully saturated rings. The molecule has 0 radical (unpaired) electrons. The number of fused-ring (bicyclic) bond motifs is 4. The molecule has 21 heavy (non-hydrogen) atoms. The van der Waals surface area contributed by atoms with E-state index in [9.17, 15) is 0 Å². The normalized spacial score (nSPS) is 22.2. The molecule has 4 rings (SSSR count). The number of para-hydroxylation sites is 1. The van der Waals surface area contributed by atoms with Gasteiger partial charge in [-0.2, -0.15) is 0 Å². The van der Waals surface area contributed by atoms with Crippen LogP contribution in [0, 0.1) is 6.92 Å². The van der Waals surface area contributed by atoms with Crippen molar-refractivity contribution in [3.8, 4) is 11.5 Å². The maximum atomic E-state index is 6.36. The van der Waals surface area contributed by atoms with Crippen molar-refractivity contribution < 1.29 is 9.47 Å². The van der Waals surface area contributed by atoms with Gasteiger partial charge in [-0.15, -0.1) is 0 Å². The van der Waals surface area contributed by atoms with Gasteiger partial charge >= 0.3 is 0 Å². The lowest BCUT2D eigenvalue weighted by Gasteiger charge is -2.39. The summed E-state index contributed by atoms with van der Waals surface area (Å²) < 4.78 is 11.7. The zero-order valence-corrected chi connectivity index (χ0v) is 12.3. The summed E-state index contributed by atoms with van der Waals surface area (Å²) >= 11 is 0. The Bertz CT molecular complexity index is 696. The Hall–Kier alpha value is -2.16. The maximum absolute atomic E-state index is 6.36. The van der Waals surface area contributed by atoms with Gasteiger partial charge in [-0.25, -0.2) is 0 Å². The molecule has 2 atom stereocenters. The minimum atomic E-state index is 0.0910. The van der Waals surface area contributed by atoms with Crippen LogP contribution in [-0.2, 0) is 6.42 Å². The van der Waals surface area contributed by atoms with Gasteiger partial charge in [-0.05, 0) is 54.7 Å². The van der Waals surface area contributed by atoms with E-state index in [1.165, 1.54) is 16.7 Å². The lowest BCUT2D eigenvalue weighted by molar-refractivity contribution is 0.156. The highest BCUT2D eigenvalue weighted by Gasteiger charge is 2.35. The van der Waals surface area contributed by atoms with Crippen molar-refractivity contribution in [2.75, 3.05) is 12.4 Å². The number of hydrogen-bond donors (Lipinski definition) is 1. The van der Waals surface area contributed by atoms with E-state index >= 15 is 0 Å². The predicted octanol–water partition coefficient (Wildman–Crippen LogP) is 3.86. The Morgan fingerprint density at radius 2 is 2.14 bits per heavy atom. The van der Waals surface area contributed by atoms with E-state index in [1.807, 2.05) is 6.07 Å². The minimum Gasteiger partial charge on any atom is -0.497 e. The van der Waals surface area contributed by atoms with Crippen LogP contribution in [-0.4, -0.2) is 13.2 Å². The fourth-order valence-electron chi connectivity index (χ4n) is 3.43. The summed E-state index contributed by atoms with van der Waals surface area (Å²) in [7, 11) is 1.71. The van der Waals surface area contributed by atoms with Crippen LogP contribution in [0.5, 0.6) is 11.5 Å². The third-order valence-electron chi connectivity index (χ3n) is 4.54. The number of methoxy groups -OCH3 is 1. The molecule has 0 saturated carbocycles. The zero-order chi connectivity index (χ0) is 14.4. The van der Waals surface area contributed by atoms with Crippen LogP contribution >= 0.6 is 0 Å². The second-order valence-corrected chi connectivity index (χ2v) is 5.84. The second-order valence-electron chi connectivity index (χ2n) is 5.84. The van der Waals surface area contributed by atoms with Crippen LogP contribution in [0.2, 0.25) is 0 Å². The molecule has 2 aliphatic rings. The highest BCUT2D eigenvalue weighted by molar-refractivity contribution is 5.63. The molecule has 1 aliphatic carbocycles. The molecule has 0 saturated heterocycles. The van der Waals surface area contributed by atoms with Crippen molar-refractivity contribution in [3.63, 3.8) is 0 Å². The first-order chi connectivity index (χ1) is 10.3. The van der Waals surface area contributed by atoms with E-state index in [2.05, 4.69) is 42.6 Å². The largest absolute Gasteiger partial charge is 0.497 e. The molecule has 2 aromatic carbocycles. The van der Waals surface area contributed by atoms with Gasteiger partial charge in [0.25, 0.3) is 0 Å². The van der Waals surface area contributed by atoms with E-state index in [1.54, 1.807) is 7.11 Å². The Kier molecular flexibility index (Phi) is 2.81. The highest BCUT2D eigenvalue weighted by atomic mass is 16.5. The van der Waals surface area contributed by atoms with Crippen molar-refractivity contribution in [1.29, 1.82) is 0 Å². The smallest absolute Gasteiger partial charge is 0.146 e. The summed E-state index contributed by atoms with van der Waals surface area (Å²) in [5.74, 6) is 1.91. The van der Waals surface area contributed by atoms with Gasteiger partial charge in [-0.1, -0.05) is 18.2 Å². The summed E-state index contributed by atoms with van der Waals surface area (Å²) in [5.41, 5.74) is 4.93. The number of rotatable bonds is 1. The number of hydrogen-bond acceptors (Lipinski definition) is 3. The molecular formula is C18H19NO2. The summed E-state index contributed by atoms with van der Waals surface area (Å²) in [6.07, 6.45) is 2.23. The molecule has 1 heterocycles. The molecule has 0 amide bonds. The van der Waals surface area contributed by atoms with Crippen molar-refractivity contribution in [3.05, 3.63) is 53.1 Å². The van der Waals surface area contributed by atoms with Crippen LogP contribution in [0.15, 0.2) is 36.4 Å². The maximum Gasteiger partial charge on any atom is 0.146 e. The molecule has 0 bridgehead atoms. The number of aryl methyl sites for hydroxylation is 2. The van der Waals surface area contributed by atoms with Crippen LogP contribution in [0.1, 0.15) is 29.2 Å². The molecule has 1 aliphatic heterocycles. The van der Waals surface area contributed by atoms with E-state index in [0.717, 1.165) is 30.0 Å². The Morgan fingerprint density at radius 3 is 3.00 bits per heavy atom. The molecule has 0 spiro atoms. The van der Waals surface area contributed by atoms with Gasteiger partial charge in [0.05, 0.1) is 18.8 Å². The van der Waals surface area contributed by atoms with Crippen LogP contribution < -0.4 is 14.8 Å². The van der Waals surface area contributed by atoms with Crippen LogP contribution in [0.4, 0.5) is 5.69 Å². The van der Waals surface area contributed by atoms with E-state index in [-0.39, 0.29) is 6.10 Å². The Morgan fingerprint density at radius 1 is 1.24 bits per heavy atom. The van der Waals surface area contributed by atoms with Crippen LogP contribution in [0.25, 0.3) is 0 Å². The average Bonchev–Trinajstić information content (AvgIpc) is 2.53. The third kappa shape index (κ3) is 1.96. The zero-order valence-electron chi connectivity index (χ0n) is 12.3. The molecule has 3 heteroatoms. The van der Waals surface area contributed by atoms with Crippen LogP contribution in [0.3, 0.4) is 0 Å². The summed E-state index contributed by atoms with van der Waals surface area (Å²) in [6, 6.07) is 12.9. The van der Waals surface area contributed by atoms with Crippen molar-refractivity contribution in [2.24, 2.45) is 0 Å². The molecule has 1 N–H and O–H groups in total. The first kappa shape index (κ1) is 12.6. The Balaban J connectivity index is 1.76. The molecular weight excluding hydrogens is 262 g/mol. The summed E-state index contributed by atoms with van der Waals surface area (Å²) in [6.45, 7) is 2.10. The average molecular weight is 281 g/mol. The number of ether oxygens (including phenoxy) is 2.